The van der Waals surface area contributed by atoms with Crippen LogP contribution in [0.1, 0.15) is 74.4 Å². The van der Waals surface area contributed by atoms with E-state index in [-0.39, 0.29) is 11.8 Å². The normalized spacial score (nSPS) is 24.6. The van der Waals surface area contributed by atoms with Gasteiger partial charge >= 0.3 is 0 Å². The van der Waals surface area contributed by atoms with Gasteiger partial charge in [-0.05, 0) is 84.4 Å². The van der Waals surface area contributed by atoms with E-state index in [9.17, 15) is 9.00 Å². The number of hydrogen-bond acceptors (Lipinski definition) is 7. The summed E-state index contributed by atoms with van der Waals surface area (Å²) in [4.78, 5) is 20.9. The lowest BCUT2D eigenvalue weighted by molar-refractivity contribution is -0.0782. The van der Waals surface area contributed by atoms with Gasteiger partial charge in [-0.2, -0.15) is 0 Å². The Labute approximate surface area is 307 Å². The fraction of sp³-hybridized carbons (Fsp3) is 0.625. The summed E-state index contributed by atoms with van der Waals surface area (Å²) < 4.78 is 26.9. The molecular formula is C40H57ClN4O4S. The van der Waals surface area contributed by atoms with Crippen LogP contribution in [0, 0.1) is 23.7 Å². The van der Waals surface area contributed by atoms with E-state index in [1.165, 1.54) is 24.0 Å². The third-order valence-corrected chi connectivity index (χ3v) is 12.4. The minimum atomic E-state index is -1.41. The van der Waals surface area contributed by atoms with Gasteiger partial charge in [-0.25, -0.2) is 4.21 Å². The van der Waals surface area contributed by atoms with Crippen molar-refractivity contribution in [1.82, 2.24) is 14.5 Å². The van der Waals surface area contributed by atoms with Crippen LogP contribution in [0.4, 0.5) is 5.69 Å². The van der Waals surface area contributed by atoms with Gasteiger partial charge in [0.25, 0.3) is 5.91 Å². The molecule has 8 nitrogen and oxygen atoms in total. The number of allylic oxidation sites excluding steroid dienone is 1. The van der Waals surface area contributed by atoms with Crippen molar-refractivity contribution in [1.29, 1.82) is 0 Å². The second kappa shape index (κ2) is 17.4. The molecule has 50 heavy (non-hydrogen) atoms. The zero-order chi connectivity index (χ0) is 35.2. The Morgan fingerprint density at radius 1 is 1.04 bits per heavy atom. The topological polar surface area (TPSA) is 74.4 Å². The molecule has 6 rings (SSSR count). The number of benzene rings is 2. The molecule has 3 heterocycles. The first-order valence-electron chi connectivity index (χ1n) is 18.9. The number of amides is 1. The van der Waals surface area contributed by atoms with Crippen LogP contribution in [-0.2, 0) is 22.1 Å². The van der Waals surface area contributed by atoms with E-state index in [1.54, 1.807) is 13.0 Å². The minimum absolute atomic E-state index is 0.151. The third-order valence-electron chi connectivity index (χ3n) is 11.2. The smallest absolute Gasteiger partial charge is 0.263 e. The highest BCUT2D eigenvalue weighted by Crippen LogP contribution is 2.44. The van der Waals surface area contributed by atoms with E-state index in [1.807, 2.05) is 18.2 Å². The maximum absolute atomic E-state index is 13.2. The lowest BCUT2D eigenvalue weighted by atomic mass is 9.66. The predicted molar refractivity (Wildman–Crippen MR) is 205 cm³/mol. The molecule has 3 aliphatic heterocycles. The number of aryl methyl sites for hydroxylation is 1. The van der Waals surface area contributed by atoms with Crippen LogP contribution in [-0.4, -0.2) is 97.3 Å². The Morgan fingerprint density at radius 2 is 1.84 bits per heavy atom. The van der Waals surface area contributed by atoms with Crippen LogP contribution in [0.15, 0.2) is 48.6 Å². The summed E-state index contributed by atoms with van der Waals surface area (Å²) in [5, 5.41) is 0.767. The lowest BCUT2D eigenvalue weighted by Gasteiger charge is -2.47. The Kier molecular flexibility index (Phi) is 13.0. The average molecular weight is 725 g/mol. The lowest BCUT2D eigenvalue weighted by Crippen LogP contribution is -2.57. The van der Waals surface area contributed by atoms with Crippen LogP contribution in [0.3, 0.4) is 0 Å². The Bertz CT molecular complexity index is 1510. The number of piperazine rings is 1. The molecule has 2 aromatic carbocycles. The van der Waals surface area contributed by atoms with Crippen LogP contribution in [0.2, 0.25) is 5.02 Å². The highest BCUT2D eigenvalue weighted by Gasteiger charge is 2.40. The second-order valence-electron chi connectivity index (χ2n) is 15.1. The van der Waals surface area contributed by atoms with E-state index in [0.29, 0.717) is 47.6 Å². The van der Waals surface area contributed by atoms with Crippen LogP contribution >= 0.6 is 11.6 Å². The first kappa shape index (κ1) is 37.3. The minimum Gasteiger partial charge on any atom is -0.491 e. The molecule has 2 saturated heterocycles. The van der Waals surface area contributed by atoms with Crippen LogP contribution in [0.5, 0.6) is 5.75 Å². The highest BCUT2D eigenvalue weighted by atomic mass is 35.5. The molecule has 4 aliphatic rings. The van der Waals surface area contributed by atoms with Gasteiger partial charge in [0.1, 0.15) is 16.7 Å². The van der Waals surface area contributed by atoms with Crippen LogP contribution in [0.25, 0.3) is 0 Å². The molecule has 0 aromatic heterocycles. The predicted octanol–water partition coefficient (Wildman–Crippen LogP) is 6.56. The molecule has 274 valence electrons. The van der Waals surface area contributed by atoms with Gasteiger partial charge in [0, 0.05) is 68.1 Å². The van der Waals surface area contributed by atoms with E-state index in [0.717, 1.165) is 88.3 Å². The van der Waals surface area contributed by atoms with Crippen molar-refractivity contribution in [3.05, 3.63) is 70.3 Å². The average Bonchev–Trinajstić information content (AvgIpc) is 3.24. The summed E-state index contributed by atoms with van der Waals surface area (Å²) in [7, 11) is -1.41. The summed E-state index contributed by atoms with van der Waals surface area (Å²) in [5.41, 5.74) is 4.03. The molecular weight excluding hydrogens is 668 g/mol. The fourth-order valence-electron chi connectivity index (χ4n) is 8.10. The molecule has 5 atom stereocenters. The van der Waals surface area contributed by atoms with Crippen molar-refractivity contribution in [3.8, 4) is 5.75 Å². The van der Waals surface area contributed by atoms with E-state index < -0.39 is 11.0 Å². The molecule has 1 amide bonds. The summed E-state index contributed by atoms with van der Waals surface area (Å²) in [5.74, 6) is 3.15. The molecule has 1 aliphatic carbocycles. The number of anilines is 1. The van der Waals surface area contributed by atoms with Crippen molar-refractivity contribution in [3.63, 3.8) is 0 Å². The summed E-state index contributed by atoms with van der Waals surface area (Å²) >= 11 is 6.49. The van der Waals surface area contributed by atoms with E-state index >= 15 is 0 Å². The zero-order valence-electron chi connectivity index (χ0n) is 30.5. The van der Waals surface area contributed by atoms with Crippen molar-refractivity contribution in [2.75, 3.05) is 76.3 Å². The Morgan fingerprint density at radius 3 is 2.50 bits per heavy atom. The molecule has 0 radical (unpaired) electrons. The van der Waals surface area contributed by atoms with Crippen molar-refractivity contribution in [2.45, 2.75) is 65.3 Å². The number of carbonyl (C=O) groups is 1. The van der Waals surface area contributed by atoms with Gasteiger partial charge in [-0.3, -0.25) is 14.4 Å². The quantitative estimate of drug-likeness (QED) is 0.222. The fourth-order valence-corrected chi connectivity index (χ4v) is 8.77. The summed E-state index contributed by atoms with van der Waals surface area (Å²) in [6.45, 7) is 18.2. The molecule has 2 aromatic rings. The number of hydrogen-bond donors (Lipinski definition) is 1. The standard InChI is InChI=1S/C40H57ClN4O4S/c1-5-7-29-20-34(41)12-14-36(29)33-24-45(38-21-30(11-15-39(38)49-25-33)40(46)42-50(47)6-2)23-32-10-13-37(32)31(9-8-28(3)4)22-43-16-18-44(19-17-43)35-26-48-27-35/h8-9,11-12,14-15,20-21,28,31-33,35,37H,5-7,10,13,16-19,22-27H2,1-4H3,(H,42,46)/b9-8+. The molecule has 3 fully saturated rings. The molecule has 10 heteroatoms. The van der Waals surface area contributed by atoms with Gasteiger partial charge in [-0.15, -0.1) is 0 Å². The SMILES string of the molecule is CCCc1cc(Cl)ccc1C1COc2ccc(C(=O)NS(=O)CC)cc2N(CC2CCC2C(/C=C/C(C)C)CN2CCN(C3COC3)CC2)C1. The van der Waals surface area contributed by atoms with E-state index in [2.05, 4.69) is 64.5 Å². The maximum atomic E-state index is 13.2. The number of carbonyl (C=O) groups excluding carboxylic acids is 1. The number of fused-ring (bicyclic) bond motifs is 1. The Balaban J connectivity index is 1.24. The van der Waals surface area contributed by atoms with Gasteiger partial charge in [0.15, 0.2) is 0 Å². The van der Waals surface area contributed by atoms with Crippen molar-refractivity contribution >= 4 is 34.2 Å². The maximum Gasteiger partial charge on any atom is 0.263 e. The van der Waals surface area contributed by atoms with Gasteiger partial charge in [0.2, 0.25) is 0 Å². The number of rotatable bonds is 14. The first-order chi connectivity index (χ1) is 24.2. The summed E-state index contributed by atoms with van der Waals surface area (Å²) in [6, 6.07) is 12.6. The molecule has 1 saturated carbocycles. The zero-order valence-corrected chi connectivity index (χ0v) is 32.0. The number of halogens is 1. The van der Waals surface area contributed by atoms with Gasteiger partial charge in [-0.1, -0.05) is 63.9 Å². The highest BCUT2D eigenvalue weighted by molar-refractivity contribution is 7.83. The molecule has 5 unspecified atom stereocenters. The van der Waals surface area contributed by atoms with Gasteiger partial charge in [0.05, 0.1) is 31.5 Å². The summed E-state index contributed by atoms with van der Waals surface area (Å²) in [6.07, 6.45) is 9.38. The Hall–Kier alpha value is -2.43. The monoisotopic (exact) mass is 724 g/mol. The van der Waals surface area contributed by atoms with Gasteiger partial charge < -0.3 is 19.3 Å². The van der Waals surface area contributed by atoms with Crippen LogP contribution < -0.4 is 14.4 Å². The third kappa shape index (κ3) is 9.13. The van der Waals surface area contributed by atoms with Crippen molar-refractivity contribution < 1.29 is 18.5 Å². The number of nitrogens with zero attached hydrogens (tertiary/aromatic N) is 3. The second-order valence-corrected chi connectivity index (χ2v) is 17.0. The molecule has 0 spiro atoms. The largest absolute Gasteiger partial charge is 0.491 e. The molecule has 0 bridgehead atoms. The molecule has 1 N–H and O–H groups in total. The number of nitrogens with one attached hydrogen (secondary N) is 1. The van der Waals surface area contributed by atoms with E-state index in [4.69, 9.17) is 21.1 Å². The number of ether oxygens (including phenoxy) is 2. The first-order valence-corrected chi connectivity index (χ1v) is 20.6. The van der Waals surface area contributed by atoms with Crippen molar-refractivity contribution in [2.24, 2.45) is 23.7 Å².